The van der Waals surface area contributed by atoms with Gasteiger partial charge in [-0.15, -0.1) is 0 Å². The van der Waals surface area contributed by atoms with Crippen LogP contribution in [-0.2, 0) is 4.79 Å². The number of rotatable bonds is 3. The molecule has 0 saturated heterocycles. The summed E-state index contributed by atoms with van der Waals surface area (Å²) in [4.78, 5) is 10.4. The van der Waals surface area contributed by atoms with Gasteiger partial charge in [-0.3, -0.25) is 0 Å². The number of aryl methyl sites for hydroxylation is 2. The van der Waals surface area contributed by atoms with Crippen molar-refractivity contribution in [1.82, 2.24) is 0 Å². The maximum atomic E-state index is 13.0. The average Bonchev–Trinajstić information content (AvgIpc) is 2.15. The van der Waals surface area contributed by atoms with Crippen LogP contribution < -0.4 is 0 Å². The lowest BCUT2D eigenvalue weighted by atomic mass is 9.98. The van der Waals surface area contributed by atoms with Crippen LogP contribution in [0.25, 0.3) is 0 Å². The van der Waals surface area contributed by atoms with Gasteiger partial charge in [0, 0.05) is 0 Å². The van der Waals surface area contributed by atoms with E-state index in [9.17, 15) is 14.3 Å². The second kappa shape index (κ2) is 4.40. The van der Waals surface area contributed by atoms with Crippen LogP contribution in [0.3, 0.4) is 0 Å². The highest BCUT2D eigenvalue weighted by Gasteiger charge is 2.28. The van der Waals surface area contributed by atoms with E-state index in [0.717, 1.165) is 5.56 Å². The molecule has 2 atom stereocenters. The topological polar surface area (TPSA) is 57.5 Å². The molecule has 0 radical (unpaired) electrons. The Hall–Kier alpha value is -1.42. The Labute approximate surface area is 87.2 Å². The normalized spacial score (nSPS) is 14.7. The number of aliphatic hydroxyl groups excluding tert-OH is 1. The lowest BCUT2D eigenvalue weighted by Crippen LogP contribution is -2.23. The van der Waals surface area contributed by atoms with E-state index >= 15 is 0 Å². The maximum Gasteiger partial charge on any atom is 0.341 e. The van der Waals surface area contributed by atoms with Crippen molar-refractivity contribution < 1.29 is 19.4 Å². The van der Waals surface area contributed by atoms with Gasteiger partial charge in [0.1, 0.15) is 6.10 Å². The van der Waals surface area contributed by atoms with Crippen LogP contribution in [0.5, 0.6) is 0 Å². The zero-order valence-electron chi connectivity index (χ0n) is 8.57. The molecule has 0 aliphatic heterocycles. The first-order valence-corrected chi connectivity index (χ1v) is 4.55. The summed E-state index contributed by atoms with van der Waals surface area (Å²) < 4.78 is 13.0. The zero-order chi connectivity index (χ0) is 11.6. The summed E-state index contributed by atoms with van der Waals surface area (Å²) >= 11 is 0. The molecule has 1 aromatic rings. The third-order valence-corrected chi connectivity index (χ3v) is 2.26. The number of aliphatic hydroxyl groups is 1. The minimum absolute atomic E-state index is 0.315. The fraction of sp³-hybridized carbons (Fsp3) is 0.364. The van der Waals surface area contributed by atoms with Gasteiger partial charge >= 0.3 is 5.97 Å². The number of halogens is 1. The van der Waals surface area contributed by atoms with Gasteiger partial charge in [-0.2, -0.15) is 0 Å². The number of alkyl halides is 1. The fourth-order valence-electron chi connectivity index (χ4n) is 1.45. The van der Waals surface area contributed by atoms with Gasteiger partial charge in [0.2, 0.25) is 6.17 Å². The molecule has 0 amide bonds. The molecule has 0 saturated carbocycles. The summed E-state index contributed by atoms with van der Waals surface area (Å²) in [5, 5.41) is 17.9. The van der Waals surface area contributed by atoms with E-state index in [-0.39, 0.29) is 0 Å². The van der Waals surface area contributed by atoms with Crippen molar-refractivity contribution >= 4 is 5.97 Å². The van der Waals surface area contributed by atoms with Crippen LogP contribution in [0.2, 0.25) is 0 Å². The highest BCUT2D eigenvalue weighted by Crippen LogP contribution is 2.23. The van der Waals surface area contributed by atoms with Gasteiger partial charge in [-0.25, -0.2) is 9.18 Å². The van der Waals surface area contributed by atoms with Crippen LogP contribution in [0.1, 0.15) is 22.8 Å². The molecule has 0 spiro atoms. The number of carboxylic acid groups (broad SMARTS) is 1. The minimum atomic E-state index is -2.29. The lowest BCUT2D eigenvalue weighted by Gasteiger charge is -2.15. The molecule has 15 heavy (non-hydrogen) atoms. The SMILES string of the molecule is Cc1ccc(C(O)C(F)C(=O)O)c(C)c1. The minimum Gasteiger partial charge on any atom is -0.479 e. The van der Waals surface area contributed by atoms with Gasteiger partial charge in [0.05, 0.1) is 0 Å². The van der Waals surface area contributed by atoms with Crippen LogP contribution in [0.4, 0.5) is 4.39 Å². The van der Waals surface area contributed by atoms with E-state index in [1.807, 2.05) is 6.92 Å². The molecule has 0 aliphatic carbocycles. The molecule has 82 valence electrons. The smallest absolute Gasteiger partial charge is 0.341 e. The summed E-state index contributed by atoms with van der Waals surface area (Å²) in [5.74, 6) is -1.65. The molecule has 0 heterocycles. The van der Waals surface area contributed by atoms with E-state index in [0.29, 0.717) is 11.1 Å². The summed E-state index contributed by atoms with van der Waals surface area (Å²) in [5.41, 5.74) is 1.98. The molecule has 0 fully saturated rings. The van der Waals surface area contributed by atoms with Crippen molar-refractivity contribution in [2.75, 3.05) is 0 Å². The largest absolute Gasteiger partial charge is 0.479 e. The number of carboxylic acids is 1. The van der Waals surface area contributed by atoms with Crippen molar-refractivity contribution in [2.24, 2.45) is 0 Å². The second-order valence-electron chi connectivity index (χ2n) is 3.54. The van der Waals surface area contributed by atoms with Gasteiger partial charge in [0.25, 0.3) is 0 Å². The number of benzene rings is 1. The number of hydrogen-bond acceptors (Lipinski definition) is 2. The van der Waals surface area contributed by atoms with Crippen LogP contribution in [0, 0.1) is 13.8 Å². The van der Waals surface area contributed by atoms with Crippen molar-refractivity contribution in [3.8, 4) is 0 Å². The first-order chi connectivity index (χ1) is 6.93. The Morgan fingerprint density at radius 1 is 1.40 bits per heavy atom. The van der Waals surface area contributed by atoms with Crippen LogP contribution >= 0.6 is 0 Å². The van der Waals surface area contributed by atoms with Gasteiger partial charge in [0.15, 0.2) is 0 Å². The second-order valence-corrected chi connectivity index (χ2v) is 3.54. The first-order valence-electron chi connectivity index (χ1n) is 4.55. The van der Waals surface area contributed by atoms with Gasteiger partial charge < -0.3 is 10.2 Å². The molecule has 3 nitrogen and oxygen atoms in total. The monoisotopic (exact) mass is 212 g/mol. The Kier molecular flexibility index (Phi) is 3.42. The number of aliphatic carboxylic acids is 1. The third kappa shape index (κ3) is 2.53. The maximum absolute atomic E-state index is 13.0. The van der Waals surface area contributed by atoms with Gasteiger partial charge in [-0.05, 0) is 25.0 Å². The standard InChI is InChI=1S/C11H13FO3/c1-6-3-4-8(7(2)5-6)10(13)9(12)11(14)15/h3-5,9-10,13H,1-2H3,(H,14,15). The van der Waals surface area contributed by atoms with E-state index in [2.05, 4.69) is 0 Å². The van der Waals surface area contributed by atoms with Crippen LogP contribution in [0.15, 0.2) is 18.2 Å². The summed E-state index contributed by atoms with van der Waals surface area (Å²) in [6, 6.07) is 5.03. The van der Waals surface area contributed by atoms with Crippen LogP contribution in [-0.4, -0.2) is 22.4 Å². The molecule has 1 aromatic carbocycles. The van der Waals surface area contributed by atoms with E-state index in [4.69, 9.17) is 5.11 Å². The average molecular weight is 212 g/mol. The molecule has 0 aliphatic rings. The van der Waals surface area contributed by atoms with Crippen molar-refractivity contribution in [3.05, 3.63) is 34.9 Å². The quantitative estimate of drug-likeness (QED) is 0.802. The van der Waals surface area contributed by atoms with E-state index in [1.165, 1.54) is 0 Å². The van der Waals surface area contributed by atoms with Crippen molar-refractivity contribution in [2.45, 2.75) is 26.1 Å². The predicted molar refractivity (Wildman–Crippen MR) is 53.4 cm³/mol. The third-order valence-electron chi connectivity index (χ3n) is 2.26. The summed E-state index contributed by atoms with van der Waals surface area (Å²) in [6.45, 7) is 3.58. The highest BCUT2D eigenvalue weighted by molar-refractivity contribution is 5.73. The molecule has 2 unspecified atom stereocenters. The molecule has 4 heteroatoms. The predicted octanol–water partition coefficient (Wildman–Crippen LogP) is 1.76. The molecule has 0 bridgehead atoms. The Bertz CT molecular complexity index is 376. The molecule has 1 rings (SSSR count). The first kappa shape index (κ1) is 11.7. The highest BCUT2D eigenvalue weighted by atomic mass is 19.1. The number of carbonyl (C=O) groups is 1. The van der Waals surface area contributed by atoms with E-state index < -0.39 is 18.2 Å². The molecular weight excluding hydrogens is 199 g/mol. The lowest BCUT2D eigenvalue weighted by molar-refractivity contribution is -0.147. The molecule has 2 N–H and O–H groups in total. The molecular formula is C11H13FO3. The Morgan fingerprint density at radius 2 is 2.00 bits per heavy atom. The van der Waals surface area contributed by atoms with Crippen molar-refractivity contribution in [3.63, 3.8) is 0 Å². The fourth-order valence-corrected chi connectivity index (χ4v) is 1.45. The molecule has 0 aromatic heterocycles. The Balaban J connectivity index is 3.01. The Morgan fingerprint density at radius 3 is 2.47 bits per heavy atom. The summed E-state index contributed by atoms with van der Waals surface area (Å²) in [6.07, 6.45) is -3.89. The number of hydrogen-bond donors (Lipinski definition) is 2. The zero-order valence-corrected chi connectivity index (χ0v) is 8.57. The van der Waals surface area contributed by atoms with Gasteiger partial charge in [-0.1, -0.05) is 23.8 Å². The summed E-state index contributed by atoms with van der Waals surface area (Å²) in [7, 11) is 0. The van der Waals surface area contributed by atoms with E-state index in [1.54, 1.807) is 25.1 Å². The van der Waals surface area contributed by atoms with Crippen molar-refractivity contribution in [1.29, 1.82) is 0 Å².